The summed E-state index contributed by atoms with van der Waals surface area (Å²) in [6.45, 7) is 4.37. The fraction of sp³-hybridized carbons (Fsp3) is 0.250. The highest BCUT2D eigenvalue weighted by atomic mass is 16.1. The minimum atomic E-state index is -0.0394. The number of anilines is 1. The molecule has 2 heterocycles. The Morgan fingerprint density at radius 1 is 0.897 bits per heavy atom. The maximum atomic E-state index is 12.5. The molecule has 2 aromatic carbocycles. The number of hydrogen-bond acceptors (Lipinski definition) is 4. The molecule has 1 fully saturated rings. The first kappa shape index (κ1) is 19.2. The second-order valence-corrected chi connectivity index (χ2v) is 7.24. The summed E-state index contributed by atoms with van der Waals surface area (Å²) in [7, 11) is 0. The summed E-state index contributed by atoms with van der Waals surface area (Å²) < 4.78 is 0. The minimum absolute atomic E-state index is 0.0394. The van der Waals surface area contributed by atoms with E-state index in [2.05, 4.69) is 50.4 Å². The normalized spacial score (nSPS) is 15.7. The zero-order valence-corrected chi connectivity index (χ0v) is 16.4. The van der Waals surface area contributed by atoms with Gasteiger partial charge in [-0.3, -0.25) is 14.7 Å². The third-order valence-electron chi connectivity index (χ3n) is 5.44. The fourth-order valence-electron chi connectivity index (χ4n) is 3.84. The van der Waals surface area contributed by atoms with E-state index in [1.165, 1.54) is 5.69 Å². The quantitative estimate of drug-likeness (QED) is 0.706. The summed E-state index contributed by atoms with van der Waals surface area (Å²) in [5, 5.41) is 3.12. The number of amides is 1. The number of carbonyl (C=O) groups is 1. The average Bonchev–Trinajstić information content (AvgIpc) is 2.81. The van der Waals surface area contributed by atoms with E-state index in [0.717, 1.165) is 31.7 Å². The number of nitrogens with one attached hydrogen (secondary N) is 1. The molecule has 5 heteroatoms. The van der Waals surface area contributed by atoms with Crippen LogP contribution in [0.3, 0.4) is 0 Å². The topological polar surface area (TPSA) is 48.5 Å². The van der Waals surface area contributed by atoms with Gasteiger partial charge in [-0.2, -0.15) is 0 Å². The van der Waals surface area contributed by atoms with E-state index in [0.29, 0.717) is 12.1 Å². The summed E-state index contributed by atoms with van der Waals surface area (Å²) >= 11 is 0. The lowest BCUT2D eigenvalue weighted by molar-refractivity contribution is 0.0930. The lowest BCUT2D eigenvalue weighted by Gasteiger charge is -2.40. The number of benzene rings is 2. The van der Waals surface area contributed by atoms with Crippen LogP contribution in [-0.2, 0) is 0 Å². The molecule has 1 aliphatic rings. The van der Waals surface area contributed by atoms with Crippen molar-refractivity contribution in [2.75, 3.05) is 37.6 Å². The van der Waals surface area contributed by atoms with Crippen LogP contribution in [0.5, 0.6) is 0 Å². The van der Waals surface area contributed by atoms with E-state index in [-0.39, 0.29) is 11.9 Å². The van der Waals surface area contributed by atoms with Crippen molar-refractivity contribution >= 4 is 11.6 Å². The van der Waals surface area contributed by atoms with Crippen LogP contribution in [0.1, 0.15) is 22.0 Å². The predicted octanol–water partition coefficient (Wildman–Crippen LogP) is 3.37. The number of piperazine rings is 1. The minimum Gasteiger partial charge on any atom is -0.369 e. The molecule has 0 saturated carbocycles. The molecule has 0 aliphatic carbocycles. The highest BCUT2D eigenvalue weighted by Gasteiger charge is 2.26. The monoisotopic (exact) mass is 386 g/mol. The van der Waals surface area contributed by atoms with Crippen LogP contribution in [0.25, 0.3) is 0 Å². The van der Waals surface area contributed by atoms with Gasteiger partial charge in [0.1, 0.15) is 0 Å². The van der Waals surface area contributed by atoms with E-state index in [9.17, 15) is 4.79 Å². The predicted molar refractivity (Wildman–Crippen MR) is 116 cm³/mol. The van der Waals surface area contributed by atoms with Crippen molar-refractivity contribution in [1.29, 1.82) is 0 Å². The van der Waals surface area contributed by atoms with Gasteiger partial charge in [-0.25, -0.2) is 0 Å². The van der Waals surface area contributed by atoms with Gasteiger partial charge < -0.3 is 10.2 Å². The molecule has 1 amide bonds. The summed E-state index contributed by atoms with van der Waals surface area (Å²) in [5.41, 5.74) is 3.09. The third-order valence-corrected chi connectivity index (χ3v) is 5.44. The molecule has 0 bridgehead atoms. The van der Waals surface area contributed by atoms with Crippen molar-refractivity contribution in [3.63, 3.8) is 0 Å². The number of nitrogens with zero attached hydrogens (tertiary/aromatic N) is 3. The first-order chi connectivity index (χ1) is 14.3. The molecule has 1 N–H and O–H groups in total. The van der Waals surface area contributed by atoms with Gasteiger partial charge in [-0.05, 0) is 35.9 Å². The maximum absolute atomic E-state index is 12.5. The Labute approximate surface area is 172 Å². The molecule has 1 atom stereocenters. The zero-order chi connectivity index (χ0) is 19.9. The van der Waals surface area contributed by atoms with Crippen LogP contribution < -0.4 is 10.2 Å². The van der Waals surface area contributed by atoms with Gasteiger partial charge in [0.05, 0.1) is 6.04 Å². The molecule has 0 spiro atoms. The molecular weight excluding hydrogens is 360 g/mol. The molecule has 1 aromatic heterocycles. The van der Waals surface area contributed by atoms with Gasteiger partial charge in [0, 0.05) is 56.4 Å². The van der Waals surface area contributed by atoms with Gasteiger partial charge in [-0.15, -0.1) is 0 Å². The van der Waals surface area contributed by atoms with Gasteiger partial charge in [0.15, 0.2) is 0 Å². The summed E-state index contributed by atoms with van der Waals surface area (Å²) in [4.78, 5) is 21.7. The van der Waals surface area contributed by atoms with Crippen molar-refractivity contribution in [2.24, 2.45) is 0 Å². The Balaban J connectivity index is 1.43. The zero-order valence-electron chi connectivity index (χ0n) is 16.4. The summed E-state index contributed by atoms with van der Waals surface area (Å²) in [5.74, 6) is -0.0394. The van der Waals surface area contributed by atoms with Crippen molar-refractivity contribution in [2.45, 2.75) is 6.04 Å². The van der Waals surface area contributed by atoms with Crippen LogP contribution in [0, 0.1) is 0 Å². The first-order valence-electron chi connectivity index (χ1n) is 10.1. The Bertz CT molecular complexity index is 894. The van der Waals surface area contributed by atoms with Crippen LogP contribution in [0.2, 0.25) is 0 Å². The van der Waals surface area contributed by atoms with Crippen LogP contribution in [0.4, 0.5) is 5.69 Å². The smallest absolute Gasteiger partial charge is 0.251 e. The van der Waals surface area contributed by atoms with Gasteiger partial charge in [0.2, 0.25) is 0 Å². The lowest BCUT2D eigenvalue weighted by atomic mass is 10.1. The number of para-hydroxylation sites is 1. The molecule has 148 valence electrons. The average molecular weight is 386 g/mol. The molecule has 3 aromatic rings. The Morgan fingerprint density at radius 2 is 1.59 bits per heavy atom. The van der Waals surface area contributed by atoms with E-state index in [4.69, 9.17) is 0 Å². The van der Waals surface area contributed by atoms with E-state index in [1.54, 1.807) is 6.20 Å². The summed E-state index contributed by atoms with van der Waals surface area (Å²) in [6, 6.07) is 24.1. The highest BCUT2D eigenvalue weighted by molar-refractivity contribution is 5.94. The molecule has 29 heavy (non-hydrogen) atoms. The van der Waals surface area contributed by atoms with E-state index < -0.39 is 0 Å². The molecular formula is C24H26N4O. The van der Waals surface area contributed by atoms with Gasteiger partial charge in [-0.1, -0.05) is 42.5 Å². The molecule has 0 unspecified atom stereocenters. The fourth-order valence-corrected chi connectivity index (χ4v) is 3.84. The van der Waals surface area contributed by atoms with Crippen LogP contribution in [-0.4, -0.2) is 48.5 Å². The van der Waals surface area contributed by atoms with Crippen molar-refractivity contribution in [3.05, 3.63) is 96.3 Å². The van der Waals surface area contributed by atoms with Crippen LogP contribution in [0.15, 0.2) is 85.2 Å². The second kappa shape index (κ2) is 9.34. The largest absolute Gasteiger partial charge is 0.369 e. The highest BCUT2D eigenvalue weighted by Crippen LogP contribution is 2.23. The van der Waals surface area contributed by atoms with Crippen molar-refractivity contribution in [1.82, 2.24) is 15.2 Å². The summed E-state index contributed by atoms with van der Waals surface area (Å²) in [6.07, 6.45) is 3.69. The van der Waals surface area contributed by atoms with E-state index in [1.807, 2.05) is 48.7 Å². The van der Waals surface area contributed by atoms with Crippen molar-refractivity contribution < 1.29 is 4.79 Å². The molecule has 4 rings (SSSR count). The number of hydrogen-bond donors (Lipinski definition) is 1. The lowest BCUT2D eigenvalue weighted by Crippen LogP contribution is -2.50. The van der Waals surface area contributed by atoms with Crippen LogP contribution >= 0.6 is 0 Å². The number of pyridine rings is 1. The Kier molecular flexibility index (Phi) is 6.17. The number of carbonyl (C=O) groups excluding carboxylic acids is 1. The molecule has 0 radical (unpaired) electrons. The second-order valence-electron chi connectivity index (χ2n) is 7.24. The Hall–Kier alpha value is -3.18. The Morgan fingerprint density at radius 3 is 2.24 bits per heavy atom. The molecule has 1 saturated heterocycles. The SMILES string of the molecule is O=C(NC[C@H](c1cccnc1)N1CCN(c2ccccc2)CC1)c1ccccc1. The third kappa shape index (κ3) is 4.81. The van der Waals surface area contributed by atoms with Gasteiger partial charge >= 0.3 is 0 Å². The number of aromatic nitrogens is 1. The van der Waals surface area contributed by atoms with Crippen molar-refractivity contribution in [3.8, 4) is 0 Å². The molecule has 5 nitrogen and oxygen atoms in total. The standard InChI is InChI=1S/C24H26N4O/c29-24(20-8-3-1-4-9-20)26-19-23(21-10-7-13-25-18-21)28-16-14-27(15-17-28)22-11-5-2-6-12-22/h1-13,18,23H,14-17,19H2,(H,26,29)/t23-/m1/s1. The van der Waals surface area contributed by atoms with E-state index >= 15 is 0 Å². The maximum Gasteiger partial charge on any atom is 0.251 e. The molecule has 1 aliphatic heterocycles. The van der Waals surface area contributed by atoms with Gasteiger partial charge in [0.25, 0.3) is 5.91 Å². The number of rotatable bonds is 6. The first-order valence-corrected chi connectivity index (χ1v) is 10.1.